The molecule has 3 N–H and O–H groups in total. The number of carbonyl (C=O) groups excluding carboxylic acids is 1. The summed E-state index contributed by atoms with van der Waals surface area (Å²) < 4.78 is 41.7. The molecule has 0 atom stereocenters. The summed E-state index contributed by atoms with van der Waals surface area (Å²) in [5, 5.41) is 2.85. The number of amides is 1. The molecule has 1 aromatic rings. The van der Waals surface area contributed by atoms with Crippen molar-refractivity contribution in [2.24, 2.45) is 5.73 Å². The molecule has 0 spiro atoms. The largest absolute Gasteiger partial charge is 0.416 e. The van der Waals surface area contributed by atoms with Crippen LogP contribution >= 0.6 is 0 Å². The lowest BCUT2D eigenvalue weighted by Crippen LogP contribution is -2.20. The number of primary amides is 1. The van der Waals surface area contributed by atoms with Gasteiger partial charge in [0.1, 0.15) is 6.61 Å². The average molecular weight is 262 g/mol. The third-order valence-electron chi connectivity index (χ3n) is 2.03. The van der Waals surface area contributed by atoms with Gasteiger partial charge in [0.25, 0.3) is 0 Å². The highest BCUT2D eigenvalue weighted by Gasteiger charge is 2.29. The van der Waals surface area contributed by atoms with Crippen LogP contribution in [0.25, 0.3) is 0 Å². The van der Waals surface area contributed by atoms with E-state index in [4.69, 9.17) is 10.5 Å². The number of nitrogens with one attached hydrogen (secondary N) is 1. The Bertz CT molecular complexity index is 390. The molecule has 4 nitrogen and oxygen atoms in total. The summed E-state index contributed by atoms with van der Waals surface area (Å²) in [5.74, 6) is -0.565. The van der Waals surface area contributed by atoms with Crippen LogP contribution < -0.4 is 11.1 Å². The van der Waals surface area contributed by atoms with Gasteiger partial charge in [-0.1, -0.05) is 0 Å². The van der Waals surface area contributed by atoms with Crippen LogP contribution in [-0.2, 0) is 15.7 Å². The van der Waals surface area contributed by atoms with Gasteiger partial charge in [0, 0.05) is 12.2 Å². The van der Waals surface area contributed by atoms with Crippen molar-refractivity contribution in [3.63, 3.8) is 0 Å². The molecule has 0 aliphatic rings. The van der Waals surface area contributed by atoms with Crippen molar-refractivity contribution in [3.05, 3.63) is 29.8 Å². The lowest BCUT2D eigenvalue weighted by atomic mass is 10.2. The molecular weight excluding hydrogens is 249 g/mol. The lowest BCUT2D eigenvalue weighted by molar-refractivity contribution is -0.137. The van der Waals surface area contributed by atoms with E-state index in [1.807, 2.05) is 0 Å². The van der Waals surface area contributed by atoms with Gasteiger partial charge in [0.2, 0.25) is 5.91 Å². The number of carbonyl (C=O) groups is 1. The maximum atomic E-state index is 12.3. The zero-order valence-electron chi connectivity index (χ0n) is 9.46. The molecule has 18 heavy (non-hydrogen) atoms. The molecule has 0 fully saturated rings. The molecule has 100 valence electrons. The number of anilines is 1. The van der Waals surface area contributed by atoms with Gasteiger partial charge in [-0.3, -0.25) is 4.79 Å². The Labute approximate surface area is 102 Å². The van der Waals surface area contributed by atoms with E-state index in [1.165, 1.54) is 12.1 Å². The summed E-state index contributed by atoms with van der Waals surface area (Å²) in [4.78, 5) is 10.3. The van der Waals surface area contributed by atoms with Gasteiger partial charge in [-0.15, -0.1) is 0 Å². The molecule has 1 amide bonds. The fourth-order valence-corrected chi connectivity index (χ4v) is 1.22. The topological polar surface area (TPSA) is 64.4 Å². The number of rotatable bonds is 6. The van der Waals surface area contributed by atoms with Gasteiger partial charge >= 0.3 is 6.18 Å². The zero-order valence-corrected chi connectivity index (χ0v) is 9.46. The molecule has 7 heteroatoms. The van der Waals surface area contributed by atoms with E-state index in [2.05, 4.69) is 5.32 Å². The molecular formula is C11H13F3N2O2. The first-order chi connectivity index (χ1) is 8.39. The van der Waals surface area contributed by atoms with Crippen molar-refractivity contribution in [1.82, 2.24) is 0 Å². The second kappa shape index (κ2) is 6.25. The Morgan fingerprint density at radius 2 is 1.89 bits per heavy atom. The van der Waals surface area contributed by atoms with E-state index in [0.717, 1.165) is 12.1 Å². The predicted octanol–water partition coefficient (Wildman–Crippen LogP) is 1.62. The Morgan fingerprint density at radius 3 is 2.39 bits per heavy atom. The van der Waals surface area contributed by atoms with Gasteiger partial charge in [-0.2, -0.15) is 13.2 Å². The van der Waals surface area contributed by atoms with Crippen molar-refractivity contribution >= 4 is 11.6 Å². The molecule has 0 bridgehead atoms. The first kappa shape index (κ1) is 14.3. The van der Waals surface area contributed by atoms with Gasteiger partial charge in [0.15, 0.2) is 0 Å². The lowest BCUT2D eigenvalue weighted by Gasteiger charge is -2.09. The summed E-state index contributed by atoms with van der Waals surface area (Å²) >= 11 is 0. The van der Waals surface area contributed by atoms with Crippen LogP contribution in [0.1, 0.15) is 5.56 Å². The zero-order chi connectivity index (χ0) is 13.6. The molecule has 1 rings (SSSR count). The Hall–Kier alpha value is -1.76. The highest BCUT2D eigenvalue weighted by Crippen LogP contribution is 2.29. The number of ether oxygens (including phenoxy) is 1. The quantitative estimate of drug-likeness (QED) is 0.766. The van der Waals surface area contributed by atoms with Crippen LogP contribution in [0, 0.1) is 0 Å². The van der Waals surface area contributed by atoms with Gasteiger partial charge < -0.3 is 15.8 Å². The molecule has 0 heterocycles. The summed E-state index contributed by atoms with van der Waals surface area (Å²) in [6, 6.07) is 4.65. The summed E-state index contributed by atoms with van der Waals surface area (Å²) in [6.07, 6.45) is -4.33. The highest BCUT2D eigenvalue weighted by molar-refractivity contribution is 5.74. The SMILES string of the molecule is NC(=O)COCCNc1ccc(C(F)(F)F)cc1. The Morgan fingerprint density at radius 1 is 1.28 bits per heavy atom. The van der Waals surface area contributed by atoms with Gasteiger partial charge in [0.05, 0.1) is 12.2 Å². The van der Waals surface area contributed by atoms with Crippen LogP contribution in [0.2, 0.25) is 0 Å². The Kier molecular flexibility index (Phi) is 4.96. The van der Waals surface area contributed by atoms with Gasteiger partial charge in [-0.25, -0.2) is 0 Å². The van der Waals surface area contributed by atoms with E-state index in [-0.39, 0.29) is 13.2 Å². The van der Waals surface area contributed by atoms with Crippen molar-refractivity contribution in [3.8, 4) is 0 Å². The van der Waals surface area contributed by atoms with E-state index < -0.39 is 17.6 Å². The molecule has 0 unspecified atom stereocenters. The number of hydrogen-bond acceptors (Lipinski definition) is 3. The molecule has 1 aromatic carbocycles. The monoisotopic (exact) mass is 262 g/mol. The first-order valence-electron chi connectivity index (χ1n) is 5.17. The van der Waals surface area contributed by atoms with Crippen molar-refractivity contribution < 1.29 is 22.7 Å². The van der Waals surface area contributed by atoms with Crippen molar-refractivity contribution in [1.29, 1.82) is 0 Å². The maximum absolute atomic E-state index is 12.3. The molecule has 0 saturated heterocycles. The summed E-state index contributed by atoms with van der Waals surface area (Å²) in [6.45, 7) is 0.442. The minimum atomic E-state index is -4.33. The minimum absolute atomic E-state index is 0.172. The maximum Gasteiger partial charge on any atom is 0.416 e. The number of nitrogens with two attached hydrogens (primary N) is 1. The first-order valence-corrected chi connectivity index (χ1v) is 5.17. The average Bonchev–Trinajstić information content (AvgIpc) is 2.27. The smallest absolute Gasteiger partial charge is 0.383 e. The number of hydrogen-bond donors (Lipinski definition) is 2. The summed E-state index contributed by atoms with van der Waals surface area (Å²) in [5.41, 5.74) is 4.70. The molecule has 0 radical (unpaired) electrons. The second-order valence-electron chi connectivity index (χ2n) is 3.52. The van der Waals surface area contributed by atoms with Crippen LogP contribution in [0.5, 0.6) is 0 Å². The minimum Gasteiger partial charge on any atom is -0.383 e. The number of benzene rings is 1. The summed E-state index contributed by atoms with van der Waals surface area (Å²) in [7, 11) is 0. The third-order valence-corrected chi connectivity index (χ3v) is 2.03. The van der Waals surface area contributed by atoms with E-state index in [1.54, 1.807) is 0 Å². The van der Waals surface area contributed by atoms with Crippen LogP contribution in [0.15, 0.2) is 24.3 Å². The normalized spacial score (nSPS) is 11.3. The van der Waals surface area contributed by atoms with Gasteiger partial charge in [-0.05, 0) is 24.3 Å². The molecule has 0 aliphatic carbocycles. The van der Waals surface area contributed by atoms with Crippen molar-refractivity contribution in [2.75, 3.05) is 25.1 Å². The molecule has 0 saturated carbocycles. The second-order valence-corrected chi connectivity index (χ2v) is 3.52. The van der Waals surface area contributed by atoms with Crippen molar-refractivity contribution in [2.45, 2.75) is 6.18 Å². The van der Waals surface area contributed by atoms with Crippen LogP contribution in [0.4, 0.5) is 18.9 Å². The fraction of sp³-hybridized carbons (Fsp3) is 0.364. The fourth-order valence-electron chi connectivity index (χ4n) is 1.22. The molecule has 0 aliphatic heterocycles. The highest BCUT2D eigenvalue weighted by atomic mass is 19.4. The van der Waals surface area contributed by atoms with Crippen LogP contribution in [0.3, 0.4) is 0 Å². The number of halogens is 3. The Balaban J connectivity index is 2.33. The standard InChI is InChI=1S/C11H13F3N2O2/c12-11(13,14)8-1-3-9(4-2-8)16-5-6-18-7-10(15)17/h1-4,16H,5-7H2,(H2,15,17). The van der Waals surface area contributed by atoms with E-state index in [9.17, 15) is 18.0 Å². The predicted molar refractivity (Wildman–Crippen MR) is 59.9 cm³/mol. The third kappa shape index (κ3) is 5.05. The molecule has 0 aromatic heterocycles. The van der Waals surface area contributed by atoms with Crippen LogP contribution in [-0.4, -0.2) is 25.7 Å². The van der Waals surface area contributed by atoms with E-state index in [0.29, 0.717) is 12.2 Å². The number of alkyl halides is 3. The van der Waals surface area contributed by atoms with E-state index >= 15 is 0 Å².